The van der Waals surface area contributed by atoms with Gasteiger partial charge in [-0.25, -0.2) is 4.98 Å². The Morgan fingerprint density at radius 3 is 2.93 bits per heavy atom. The highest BCUT2D eigenvalue weighted by Crippen LogP contribution is 2.30. The topological polar surface area (TPSA) is 73.2 Å². The summed E-state index contributed by atoms with van der Waals surface area (Å²) >= 11 is 0. The largest absolute Gasteiger partial charge is 0.495 e. The molecule has 1 aromatic heterocycles. The Bertz CT molecular complexity index is 1080. The van der Waals surface area contributed by atoms with Crippen LogP contribution in [0.4, 0.5) is 0 Å². The Balaban J connectivity index is 1.47. The van der Waals surface area contributed by atoms with Gasteiger partial charge in [0.15, 0.2) is 6.29 Å². The molecule has 6 nitrogen and oxygen atoms in total. The number of aryl methyl sites for hydroxylation is 1. The second kappa shape index (κ2) is 8.14. The van der Waals surface area contributed by atoms with Crippen molar-refractivity contribution in [1.82, 2.24) is 14.9 Å². The van der Waals surface area contributed by atoms with E-state index in [4.69, 9.17) is 4.74 Å². The average Bonchev–Trinajstić information content (AvgIpc) is 3.39. The van der Waals surface area contributed by atoms with Gasteiger partial charge in [-0.15, -0.1) is 0 Å². The molecule has 1 unspecified atom stereocenters. The van der Waals surface area contributed by atoms with Gasteiger partial charge < -0.3 is 14.6 Å². The number of imidazole rings is 1. The molecule has 1 heterocycles. The minimum atomic E-state index is -0.125. The summed E-state index contributed by atoms with van der Waals surface area (Å²) in [5, 5.41) is 3.08. The van der Waals surface area contributed by atoms with E-state index in [0.29, 0.717) is 17.7 Å². The van der Waals surface area contributed by atoms with Gasteiger partial charge >= 0.3 is 0 Å². The fourth-order valence-corrected chi connectivity index (χ4v) is 3.64. The van der Waals surface area contributed by atoms with Crippen molar-refractivity contribution in [3.05, 3.63) is 83.4 Å². The first-order chi connectivity index (χ1) is 14.2. The molecule has 1 N–H and O–H groups in total. The minimum Gasteiger partial charge on any atom is -0.495 e. The predicted molar refractivity (Wildman–Crippen MR) is 110 cm³/mol. The summed E-state index contributed by atoms with van der Waals surface area (Å²) in [6, 6.07) is 13.9. The third-order valence-electron chi connectivity index (χ3n) is 5.08. The van der Waals surface area contributed by atoms with Crippen LogP contribution in [0.5, 0.6) is 5.75 Å². The molecular weight excluding hydrogens is 366 g/mol. The van der Waals surface area contributed by atoms with E-state index >= 15 is 0 Å². The Morgan fingerprint density at radius 1 is 1.28 bits per heavy atom. The second-order valence-corrected chi connectivity index (χ2v) is 6.89. The summed E-state index contributed by atoms with van der Waals surface area (Å²) < 4.78 is 7.19. The highest BCUT2D eigenvalue weighted by Gasteiger charge is 2.22. The molecular formula is C23H21N3O3. The van der Waals surface area contributed by atoms with E-state index in [9.17, 15) is 9.59 Å². The summed E-state index contributed by atoms with van der Waals surface area (Å²) in [6.45, 7) is 0. The number of amides is 1. The number of aromatic nitrogens is 2. The number of hydrogen-bond donors (Lipinski definition) is 1. The smallest absolute Gasteiger partial charge is 0.244 e. The molecule has 0 aliphatic heterocycles. The van der Waals surface area contributed by atoms with E-state index in [1.165, 1.54) is 17.2 Å². The number of ether oxygens (including phenoxy) is 1. The number of fused-ring (bicyclic) bond motifs is 1. The Hall–Kier alpha value is -3.67. The van der Waals surface area contributed by atoms with Gasteiger partial charge in [0.1, 0.15) is 17.8 Å². The molecule has 0 spiro atoms. The van der Waals surface area contributed by atoms with Crippen LogP contribution < -0.4 is 10.1 Å². The summed E-state index contributed by atoms with van der Waals surface area (Å²) in [7, 11) is 1.58. The molecule has 0 bridgehead atoms. The van der Waals surface area contributed by atoms with Gasteiger partial charge in [0.05, 0.1) is 18.8 Å². The lowest BCUT2D eigenvalue weighted by Crippen LogP contribution is -2.25. The van der Waals surface area contributed by atoms with Crippen LogP contribution >= 0.6 is 0 Å². The standard InChI is InChI=1S/C23H21N3O3/c1-29-22-12-16(6-10-21(22)26-13-18(14-27)24-15-26)7-11-23(28)25-20-9-8-17-4-2-3-5-19(17)20/h2-7,10-15,20H,8-9H2,1H3,(H,25,28). The molecule has 0 radical (unpaired) electrons. The number of nitrogens with one attached hydrogen (secondary N) is 1. The van der Waals surface area contributed by atoms with E-state index < -0.39 is 0 Å². The van der Waals surface area contributed by atoms with Crippen molar-refractivity contribution in [3.8, 4) is 11.4 Å². The number of methoxy groups -OCH3 is 1. The SMILES string of the molecule is COc1cc(C=CC(=O)NC2CCc3ccccc32)ccc1-n1cnc(C=O)c1. The van der Waals surface area contributed by atoms with Crippen LogP contribution in [0.2, 0.25) is 0 Å². The monoisotopic (exact) mass is 387 g/mol. The lowest BCUT2D eigenvalue weighted by Gasteiger charge is -2.12. The van der Waals surface area contributed by atoms with Crippen molar-refractivity contribution in [2.75, 3.05) is 7.11 Å². The molecule has 0 saturated heterocycles. The van der Waals surface area contributed by atoms with Gasteiger partial charge in [0.2, 0.25) is 5.91 Å². The molecule has 0 saturated carbocycles. The van der Waals surface area contributed by atoms with Crippen LogP contribution in [0.15, 0.2) is 61.1 Å². The fraction of sp³-hybridized carbons (Fsp3) is 0.174. The maximum absolute atomic E-state index is 12.4. The molecule has 3 aromatic rings. The number of benzene rings is 2. The third kappa shape index (κ3) is 3.96. The van der Waals surface area contributed by atoms with Crippen LogP contribution in [0, 0.1) is 0 Å². The second-order valence-electron chi connectivity index (χ2n) is 6.89. The van der Waals surface area contributed by atoms with Crippen molar-refractivity contribution in [1.29, 1.82) is 0 Å². The van der Waals surface area contributed by atoms with E-state index in [1.807, 2.05) is 30.3 Å². The van der Waals surface area contributed by atoms with E-state index in [1.54, 1.807) is 30.3 Å². The van der Waals surface area contributed by atoms with Gasteiger partial charge in [0.25, 0.3) is 0 Å². The normalized spacial score (nSPS) is 15.3. The zero-order chi connectivity index (χ0) is 20.2. The highest BCUT2D eigenvalue weighted by molar-refractivity contribution is 5.92. The number of nitrogens with zero attached hydrogens (tertiary/aromatic N) is 2. The van der Waals surface area contributed by atoms with Crippen molar-refractivity contribution in [3.63, 3.8) is 0 Å². The van der Waals surface area contributed by atoms with E-state index in [-0.39, 0.29) is 11.9 Å². The molecule has 4 rings (SSSR count). The third-order valence-corrected chi connectivity index (χ3v) is 5.08. The number of carbonyl (C=O) groups is 2. The van der Waals surface area contributed by atoms with Crippen LogP contribution in [-0.2, 0) is 11.2 Å². The molecule has 1 atom stereocenters. The maximum atomic E-state index is 12.4. The van der Waals surface area contributed by atoms with Crippen LogP contribution in [0.25, 0.3) is 11.8 Å². The summed E-state index contributed by atoms with van der Waals surface area (Å²) in [4.78, 5) is 27.2. The van der Waals surface area contributed by atoms with E-state index in [2.05, 4.69) is 22.4 Å². The average molecular weight is 387 g/mol. The van der Waals surface area contributed by atoms with Gasteiger partial charge in [-0.1, -0.05) is 30.3 Å². The summed E-state index contributed by atoms with van der Waals surface area (Å²) in [5.41, 5.74) is 4.45. The predicted octanol–water partition coefficient (Wildman–Crippen LogP) is 3.51. The molecule has 2 aromatic carbocycles. The van der Waals surface area contributed by atoms with E-state index in [0.717, 1.165) is 24.1 Å². The molecule has 1 amide bonds. The highest BCUT2D eigenvalue weighted by atomic mass is 16.5. The lowest BCUT2D eigenvalue weighted by atomic mass is 10.1. The van der Waals surface area contributed by atoms with Crippen molar-refractivity contribution < 1.29 is 14.3 Å². The Kier molecular flexibility index (Phi) is 5.24. The van der Waals surface area contributed by atoms with Crippen molar-refractivity contribution in [2.24, 2.45) is 0 Å². The zero-order valence-corrected chi connectivity index (χ0v) is 16.0. The van der Waals surface area contributed by atoms with Gasteiger partial charge in [0, 0.05) is 12.3 Å². The van der Waals surface area contributed by atoms with Crippen LogP contribution in [0.3, 0.4) is 0 Å². The fourth-order valence-electron chi connectivity index (χ4n) is 3.64. The van der Waals surface area contributed by atoms with Crippen molar-refractivity contribution in [2.45, 2.75) is 18.9 Å². The lowest BCUT2D eigenvalue weighted by molar-refractivity contribution is -0.117. The minimum absolute atomic E-state index is 0.0634. The first-order valence-corrected chi connectivity index (χ1v) is 9.42. The Morgan fingerprint density at radius 2 is 2.14 bits per heavy atom. The van der Waals surface area contributed by atoms with Gasteiger partial charge in [-0.3, -0.25) is 9.59 Å². The van der Waals surface area contributed by atoms with Crippen LogP contribution in [0.1, 0.15) is 39.6 Å². The number of rotatable bonds is 6. The maximum Gasteiger partial charge on any atom is 0.244 e. The number of hydrogen-bond acceptors (Lipinski definition) is 4. The Labute approximate surface area is 168 Å². The molecule has 1 aliphatic carbocycles. The molecule has 6 heteroatoms. The first-order valence-electron chi connectivity index (χ1n) is 9.42. The first kappa shape index (κ1) is 18.7. The molecule has 146 valence electrons. The molecule has 1 aliphatic rings. The molecule has 29 heavy (non-hydrogen) atoms. The number of aldehydes is 1. The van der Waals surface area contributed by atoms with Gasteiger partial charge in [-0.2, -0.15) is 0 Å². The molecule has 0 fully saturated rings. The number of carbonyl (C=O) groups excluding carboxylic acids is 2. The quantitative estimate of drug-likeness (QED) is 0.519. The van der Waals surface area contributed by atoms with Gasteiger partial charge in [-0.05, 0) is 47.7 Å². The van der Waals surface area contributed by atoms with Crippen LogP contribution in [-0.4, -0.2) is 28.9 Å². The summed E-state index contributed by atoms with van der Waals surface area (Å²) in [5.74, 6) is 0.493. The zero-order valence-electron chi connectivity index (χ0n) is 16.0. The summed E-state index contributed by atoms with van der Waals surface area (Å²) in [6.07, 6.45) is 9.10. The van der Waals surface area contributed by atoms with Crippen molar-refractivity contribution >= 4 is 18.3 Å².